The highest BCUT2D eigenvalue weighted by Crippen LogP contribution is 2.40. The fourth-order valence-electron chi connectivity index (χ4n) is 1.75. The van der Waals surface area contributed by atoms with Crippen molar-refractivity contribution >= 4 is 21.7 Å². The Morgan fingerprint density at radius 3 is 2.72 bits per heavy atom. The Bertz CT molecular complexity index is 565. The van der Waals surface area contributed by atoms with Crippen LogP contribution >= 0.6 is 15.9 Å². The van der Waals surface area contributed by atoms with E-state index in [0.717, 1.165) is 15.9 Å². The molecule has 0 saturated heterocycles. The third-order valence-corrected chi connectivity index (χ3v) is 3.32. The lowest BCUT2D eigenvalue weighted by Gasteiger charge is -2.06. The number of aromatic nitrogens is 3. The third-order valence-electron chi connectivity index (χ3n) is 2.85. The molecule has 2 aromatic rings. The molecule has 0 atom stereocenters. The monoisotopic (exact) mass is 305 g/mol. The maximum absolute atomic E-state index is 5.44. The first-order chi connectivity index (χ1) is 8.76. The second kappa shape index (κ2) is 4.62. The van der Waals surface area contributed by atoms with Crippen molar-refractivity contribution < 1.29 is 0 Å². The number of hydrogen-bond acceptors (Lipinski definition) is 5. The first-order valence-corrected chi connectivity index (χ1v) is 6.53. The van der Waals surface area contributed by atoms with Crippen LogP contribution < -0.4 is 11.3 Å². The molecule has 92 valence electrons. The molecule has 0 amide bonds. The summed E-state index contributed by atoms with van der Waals surface area (Å²) in [6, 6.07) is 5.71. The molecule has 1 fully saturated rings. The average Bonchev–Trinajstić information content (AvgIpc) is 3.23. The molecule has 1 saturated carbocycles. The van der Waals surface area contributed by atoms with Crippen LogP contribution in [-0.2, 0) is 0 Å². The molecule has 0 aliphatic heterocycles. The number of rotatable bonds is 3. The molecule has 1 aliphatic carbocycles. The SMILES string of the molecule is NNc1cc(C2CC2)nc(-c2ccc(Br)cn2)n1. The fourth-order valence-corrected chi connectivity index (χ4v) is 1.99. The number of nitrogens with two attached hydrogens (primary N) is 1. The van der Waals surface area contributed by atoms with Crippen molar-refractivity contribution in [2.75, 3.05) is 5.43 Å². The molecular weight excluding hydrogens is 294 g/mol. The predicted molar refractivity (Wildman–Crippen MR) is 72.7 cm³/mol. The van der Waals surface area contributed by atoms with E-state index >= 15 is 0 Å². The maximum Gasteiger partial charge on any atom is 0.180 e. The Morgan fingerprint density at radius 2 is 2.11 bits per heavy atom. The zero-order chi connectivity index (χ0) is 12.5. The van der Waals surface area contributed by atoms with Crippen molar-refractivity contribution in [3.8, 4) is 11.5 Å². The molecule has 0 aromatic carbocycles. The van der Waals surface area contributed by atoms with E-state index in [1.165, 1.54) is 12.8 Å². The number of anilines is 1. The number of hydrogen-bond donors (Lipinski definition) is 2. The van der Waals surface area contributed by atoms with Crippen LogP contribution in [0.15, 0.2) is 28.9 Å². The van der Waals surface area contributed by atoms with Crippen LogP contribution in [0, 0.1) is 0 Å². The van der Waals surface area contributed by atoms with Gasteiger partial charge < -0.3 is 5.43 Å². The standard InChI is InChI=1S/C12H12BrN5/c13-8-3-4-9(15-6-8)12-16-10(7-1-2-7)5-11(17-12)18-14/h3-7H,1-2,14H2,(H,16,17,18). The highest BCUT2D eigenvalue weighted by Gasteiger charge is 2.26. The van der Waals surface area contributed by atoms with Crippen LogP contribution in [0.4, 0.5) is 5.82 Å². The minimum atomic E-state index is 0.550. The van der Waals surface area contributed by atoms with E-state index in [0.29, 0.717) is 17.6 Å². The molecule has 2 aromatic heterocycles. The van der Waals surface area contributed by atoms with Crippen molar-refractivity contribution in [1.29, 1.82) is 0 Å². The topological polar surface area (TPSA) is 76.7 Å². The van der Waals surface area contributed by atoms with E-state index in [1.807, 2.05) is 18.2 Å². The normalized spacial score (nSPS) is 14.6. The summed E-state index contributed by atoms with van der Waals surface area (Å²) in [5.41, 5.74) is 4.37. The second-order valence-corrected chi connectivity index (χ2v) is 5.20. The van der Waals surface area contributed by atoms with Crippen molar-refractivity contribution in [2.24, 2.45) is 5.84 Å². The Labute approximate surface area is 113 Å². The summed E-state index contributed by atoms with van der Waals surface area (Å²) >= 11 is 3.36. The highest BCUT2D eigenvalue weighted by molar-refractivity contribution is 9.10. The summed E-state index contributed by atoms with van der Waals surface area (Å²) in [4.78, 5) is 13.2. The Morgan fingerprint density at radius 1 is 1.28 bits per heavy atom. The summed E-state index contributed by atoms with van der Waals surface area (Å²) in [7, 11) is 0. The summed E-state index contributed by atoms with van der Waals surface area (Å²) in [5, 5.41) is 0. The number of nitrogen functional groups attached to an aromatic ring is 1. The lowest BCUT2D eigenvalue weighted by Crippen LogP contribution is -2.10. The molecular formula is C12H12BrN5. The molecule has 3 N–H and O–H groups in total. The second-order valence-electron chi connectivity index (χ2n) is 4.28. The van der Waals surface area contributed by atoms with Gasteiger partial charge in [0.1, 0.15) is 11.5 Å². The maximum atomic E-state index is 5.44. The molecule has 6 heteroatoms. The lowest BCUT2D eigenvalue weighted by atomic mass is 10.2. The van der Waals surface area contributed by atoms with Crippen LogP contribution in [0.1, 0.15) is 24.5 Å². The largest absolute Gasteiger partial charge is 0.308 e. The van der Waals surface area contributed by atoms with E-state index in [2.05, 4.69) is 36.3 Å². The third kappa shape index (κ3) is 2.34. The minimum absolute atomic E-state index is 0.550. The molecule has 2 heterocycles. The van der Waals surface area contributed by atoms with Crippen LogP contribution in [0.3, 0.4) is 0 Å². The van der Waals surface area contributed by atoms with Gasteiger partial charge >= 0.3 is 0 Å². The van der Waals surface area contributed by atoms with Gasteiger partial charge in [0.15, 0.2) is 5.82 Å². The van der Waals surface area contributed by atoms with E-state index in [1.54, 1.807) is 6.20 Å². The molecule has 0 spiro atoms. The van der Waals surface area contributed by atoms with Crippen LogP contribution in [0.25, 0.3) is 11.5 Å². The lowest BCUT2D eigenvalue weighted by molar-refractivity contribution is 0.984. The molecule has 1 aliphatic rings. The van der Waals surface area contributed by atoms with Gasteiger partial charge in [0.05, 0.1) is 0 Å². The number of pyridine rings is 1. The van der Waals surface area contributed by atoms with Gasteiger partial charge in [-0.1, -0.05) is 0 Å². The van der Waals surface area contributed by atoms with Crippen molar-refractivity contribution in [1.82, 2.24) is 15.0 Å². The smallest absolute Gasteiger partial charge is 0.180 e. The van der Waals surface area contributed by atoms with Gasteiger partial charge in [-0.25, -0.2) is 15.8 Å². The summed E-state index contributed by atoms with van der Waals surface area (Å²) < 4.78 is 0.932. The molecule has 0 unspecified atom stereocenters. The first-order valence-electron chi connectivity index (χ1n) is 5.74. The number of hydrazine groups is 1. The zero-order valence-corrected chi connectivity index (χ0v) is 11.2. The van der Waals surface area contributed by atoms with E-state index in [9.17, 15) is 0 Å². The van der Waals surface area contributed by atoms with E-state index in [4.69, 9.17) is 5.84 Å². The van der Waals surface area contributed by atoms with E-state index < -0.39 is 0 Å². The Balaban J connectivity index is 2.04. The quantitative estimate of drug-likeness (QED) is 0.673. The van der Waals surface area contributed by atoms with E-state index in [-0.39, 0.29) is 0 Å². The number of halogens is 1. The van der Waals surface area contributed by atoms with Crippen LogP contribution in [-0.4, -0.2) is 15.0 Å². The van der Waals surface area contributed by atoms with Gasteiger partial charge in [0.25, 0.3) is 0 Å². The first kappa shape index (κ1) is 11.6. The Hall–Kier alpha value is -1.53. The predicted octanol–water partition coefficient (Wildman–Crippen LogP) is 2.46. The van der Waals surface area contributed by atoms with Gasteiger partial charge in [-0.3, -0.25) is 4.98 Å². The molecule has 3 rings (SSSR count). The van der Waals surface area contributed by atoms with Gasteiger partial charge in [-0.05, 0) is 40.9 Å². The van der Waals surface area contributed by atoms with Gasteiger partial charge in [0, 0.05) is 28.3 Å². The van der Waals surface area contributed by atoms with Crippen LogP contribution in [0.5, 0.6) is 0 Å². The molecule has 0 radical (unpaired) electrons. The van der Waals surface area contributed by atoms with Crippen molar-refractivity contribution in [3.05, 3.63) is 34.6 Å². The van der Waals surface area contributed by atoms with Crippen molar-refractivity contribution in [3.63, 3.8) is 0 Å². The zero-order valence-electron chi connectivity index (χ0n) is 9.60. The van der Waals surface area contributed by atoms with Gasteiger partial charge in [0.2, 0.25) is 0 Å². The molecule has 0 bridgehead atoms. The number of nitrogens with zero attached hydrogens (tertiary/aromatic N) is 3. The fraction of sp³-hybridized carbons (Fsp3) is 0.250. The average molecular weight is 306 g/mol. The summed E-state index contributed by atoms with van der Waals surface area (Å²) in [5.74, 6) is 7.23. The Kier molecular flexibility index (Phi) is 2.97. The summed E-state index contributed by atoms with van der Waals surface area (Å²) in [6.45, 7) is 0. The highest BCUT2D eigenvalue weighted by atomic mass is 79.9. The molecule has 18 heavy (non-hydrogen) atoms. The van der Waals surface area contributed by atoms with Gasteiger partial charge in [-0.2, -0.15) is 0 Å². The minimum Gasteiger partial charge on any atom is -0.308 e. The van der Waals surface area contributed by atoms with Crippen molar-refractivity contribution in [2.45, 2.75) is 18.8 Å². The van der Waals surface area contributed by atoms with Gasteiger partial charge in [-0.15, -0.1) is 0 Å². The molecule has 5 nitrogen and oxygen atoms in total. The van der Waals surface area contributed by atoms with Crippen LogP contribution in [0.2, 0.25) is 0 Å². The number of nitrogens with one attached hydrogen (secondary N) is 1. The summed E-state index contributed by atoms with van der Waals surface area (Å²) in [6.07, 6.45) is 4.11.